The summed E-state index contributed by atoms with van der Waals surface area (Å²) in [6.45, 7) is 0. The van der Waals surface area contributed by atoms with Gasteiger partial charge in [0.05, 0.1) is 0 Å². The summed E-state index contributed by atoms with van der Waals surface area (Å²) in [5.41, 5.74) is -0.0884. The van der Waals surface area contributed by atoms with Gasteiger partial charge in [-0.2, -0.15) is 0 Å². The van der Waals surface area contributed by atoms with Gasteiger partial charge in [0.25, 0.3) is 0 Å². The molecule has 3 N–H and O–H groups in total. The number of nitrogens with one attached hydrogen (secondary N) is 1. The second-order valence-corrected chi connectivity index (χ2v) is 7.31. The van der Waals surface area contributed by atoms with E-state index < -0.39 is 11.6 Å². The van der Waals surface area contributed by atoms with E-state index in [1.807, 2.05) is 18.2 Å². The van der Waals surface area contributed by atoms with Gasteiger partial charge >= 0.3 is 5.97 Å². The number of aliphatic carboxylic acids is 1. The number of carboxylic acid groups (broad SMARTS) is 1. The van der Waals surface area contributed by atoms with E-state index in [9.17, 15) is 15.0 Å². The summed E-state index contributed by atoms with van der Waals surface area (Å²) < 4.78 is 0. The number of carboxylic acids is 1. The smallest absolute Gasteiger partial charge is 0.345 e. The van der Waals surface area contributed by atoms with Crippen LogP contribution in [0.2, 0.25) is 0 Å². The van der Waals surface area contributed by atoms with Crippen molar-refractivity contribution in [3.05, 3.63) is 71.3 Å². The van der Waals surface area contributed by atoms with Crippen LogP contribution in [0.1, 0.15) is 48.3 Å². The molecule has 2 bridgehead atoms. The summed E-state index contributed by atoms with van der Waals surface area (Å²) >= 11 is 0. The summed E-state index contributed by atoms with van der Waals surface area (Å²) in [4.78, 5) is 12.0. The first kappa shape index (κ1) is 16.3. The minimum Gasteiger partial charge on any atom is -0.479 e. The lowest BCUT2D eigenvalue weighted by molar-refractivity contribution is -0.155. The molecule has 2 aliphatic rings. The maximum Gasteiger partial charge on any atom is 0.345 e. The summed E-state index contributed by atoms with van der Waals surface area (Å²) in [5, 5.41) is 24.5. The van der Waals surface area contributed by atoms with Crippen LogP contribution in [0.15, 0.2) is 54.6 Å². The predicted octanol–water partition coefficient (Wildman–Crippen LogP) is 3.01. The van der Waals surface area contributed by atoms with Crippen LogP contribution in [-0.2, 0) is 10.4 Å². The molecule has 4 heteroatoms. The minimum atomic E-state index is -2.02. The lowest BCUT2D eigenvalue weighted by atomic mass is 9.81. The van der Waals surface area contributed by atoms with Gasteiger partial charge in [0.15, 0.2) is 0 Å². The molecule has 0 saturated carbocycles. The van der Waals surface area contributed by atoms with Crippen molar-refractivity contribution in [2.24, 2.45) is 0 Å². The fourth-order valence-electron chi connectivity index (χ4n) is 4.44. The van der Waals surface area contributed by atoms with Crippen LogP contribution in [-0.4, -0.2) is 28.3 Å². The van der Waals surface area contributed by atoms with Crippen molar-refractivity contribution in [1.82, 2.24) is 5.32 Å². The van der Waals surface area contributed by atoms with Gasteiger partial charge in [0.2, 0.25) is 5.60 Å². The number of hydrogen-bond acceptors (Lipinski definition) is 3. The van der Waals surface area contributed by atoms with Crippen molar-refractivity contribution in [3.63, 3.8) is 0 Å². The lowest BCUT2D eigenvalue weighted by Crippen LogP contribution is -2.38. The normalized spacial score (nSPS) is 27.6. The van der Waals surface area contributed by atoms with Gasteiger partial charge in [-0.3, -0.25) is 0 Å². The van der Waals surface area contributed by atoms with Crippen LogP contribution in [0.4, 0.5) is 0 Å². The van der Waals surface area contributed by atoms with Crippen LogP contribution in [0.5, 0.6) is 0 Å². The van der Waals surface area contributed by atoms with Gasteiger partial charge in [0, 0.05) is 12.1 Å². The first-order valence-corrected chi connectivity index (χ1v) is 8.95. The van der Waals surface area contributed by atoms with E-state index in [0.717, 1.165) is 18.4 Å². The third-order valence-corrected chi connectivity index (χ3v) is 5.75. The number of hydrogen-bond donors (Lipinski definition) is 3. The molecule has 3 atom stereocenters. The molecule has 2 saturated heterocycles. The van der Waals surface area contributed by atoms with Gasteiger partial charge in [-0.05, 0) is 48.3 Å². The van der Waals surface area contributed by atoms with E-state index in [4.69, 9.17) is 0 Å². The zero-order valence-electron chi connectivity index (χ0n) is 14.1. The molecule has 2 aliphatic heterocycles. The van der Waals surface area contributed by atoms with Crippen molar-refractivity contribution >= 4 is 5.97 Å². The average molecular weight is 337 g/mol. The first-order valence-electron chi connectivity index (χ1n) is 8.95. The van der Waals surface area contributed by atoms with Crippen LogP contribution in [0.3, 0.4) is 0 Å². The van der Waals surface area contributed by atoms with Gasteiger partial charge in [-0.25, -0.2) is 4.79 Å². The van der Waals surface area contributed by atoms with E-state index in [2.05, 4.69) is 11.4 Å². The van der Waals surface area contributed by atoms with E-state index in [0.29, 0.717) is 29.1 Å². The molecule has 2 aromatic carbocycles. The van der Waals surface area contributed by atoms with Gasteiger partial charge in [0.1, 0.15) is 0 Å². The molecule has 3 unspecified atom stereocenters. The topological polar surface area (TPSA) is 69.6 Å². The Morgan fingerprint density at radius 2 is 1.60 bits per heavy atom. The van der Waals surface area contributed by atoms with Crippen molar-refractivity contribution in [2.75, 3.05) is 0 Å². The van der Waals surface area contributed by atoms with Crippen LogP contribution in [0, 0.1) is 0 Å². The molecule has 0 aromatic heterocycles. The maximum absolute atomic E-state index is 12.0. The Balaban J connectivity index is 1.71. The zero-order valence-corrected chi connectivity index (χ0v) is 14.1. The minimum absolute atomic E-state index is 0.380. The maximum atomic E-state index is 12.0. The molecule has 130 valence electrons. The highest BCUT2D eigenvalue weighted by Crippen LogP contribution is 2.39. The zero-order chi connectivity index (χ0) is 17.4. The molecule has 0 aliphatic carbocycles. The van der Waals surface area contributed by atoms with Crippen molar-refractivity contribution in [3.8, 4) is 0 Å². The quantitative estimate of drug-likeness (QED) is 0.802. The second kappa shape index (κ2) is 6.28. The van der Waals surface area contributed by atoms with E-state index in [1.165, 1.54) is 12.8 Å². The Kier molecular flexibility index (Phi) is 4.10. The van der Waals surface area contributed by atoms with Crippen molar-refractivity contribution in [1.29, 1.82) is 0 Å². The number of benzene rings is 2. The Morgan fingerprint density at radius 1 is 0.960 bits per heavy atom. The van der Waals surface area contributed by atoms with Crippen LogP contribution < -0.4 is 5.32 Å². The molecule has 0 spiro atoms. The predicted molar refractivity (Wildman–Crippen MR) is 95.4 cm³/mol. The van der Waals surface area contributed by atoms with Crippen LogP contribution >= 0.6 is 0 Å². The number of fused-ring (bicyclic) bond motifs is 2. The highest BCUT2D eigenvalue weighted by molar-refractivity contribution is 5.83. The number of carbonyl (C=O) groups is 1. The fourth-order valence-corrected chi connectivity index (χ4v) is 4.44. The summed E-state index contributed by atoms with van der Waals surface area (Å²) in [7, 11) is 0. The number of piperidine rings is 1. The second-order valence-electron chi connectivity index (χ2n) is 7.31. The molecule has 2 aromatic rings. The van der Waals surface area contributed by atoms with E-state index in [-0.39, 0.29) is 0 Å². The monoisotopic (exact) mass is 337 g/mol. The molecule has 4 rings (SSSR count). The largest absolute Gasteiger partial charge is 0.479 e. The van der Waals surface area contributed by atoms with Crippen molar-refractivity contribution < 1.29 is 15.0 Å². The van der Waals surface area contributed by atoms with Gasteiger partial charge in [-0.15, -0.1) is 0 Å². The molecule has 25 heavy (non-hydrogen) atoms. The molecule has 0 amide bonds. The Morgan fingerprint density at radius 3 is 2.24 bits per heavy atom. The first-order chi connectivity index (χ1) is 12.1. The molecular weight excluding hydrogens is 314 g/mol. The highest BCUT2D eigenvalue weighted by atomic mass is 16.4. The molecular formula is C21H23NO3. The van der Waals surface area contributed by atoms with Crippen LogP contribution in [0.25, 0.3) is 0 Å². The summed E-state index contributed by atoms with van der Waals surface area (Å²) in [5.74, 6) is -0.825. The van der Waals surface area contributed by atoms with Gasteiger partial charge < -0.3 is 15.5 Å². The van der Waals surface area contributed by atoms with Crippen molar-refractivity contribution in [2.45, 2.75) is 49.3 Å². The number of aliphatic hydroxyl groups is 1. The SMILES string of the molecule is O=C(O)C(O)(c1ccccc1)c1cccc(C2CC3CCC(C2)N3)c1. The molecule has 2 heterocycles. The fraction of sp³-hybridized carbons (Fsp3) is 0.381. The Bertz CT molecular complexity index is 764. The van der Waals surface area contributed by atoms with Gasteiger partial charge in [-0.1, -0.05) is 54.6 Å². The Hall–Kier alpha value is -2.17. The highest BCUT2D eigenvalue weighted by Gasteiger charge is 2.41. The standard InChI is InChI=1S/C21H23NO3/c23-20(24)21(25,16-6-2-1-3-7-16)17-8-4-5-14(11-17)15-12-18-9-10-19(13-15)22-18/h1-8,11,15,18-19,22,25H,9-10,12-13H2,(H,23,24). The Labute approximate surface area is 147 Å². The lowest BCUT2D eigenvalue weighted by Gasteiger charge is -2.31. The van der Waals surface area contributed by atoms with E-state index >= 15 is 0 Å². The third-order valence-electron chi connectivity index (χ3n) is 5.75. The summed E-state index contributed by atoms with van der Waals surface area (Å²) in [6, 6.07) is 17.3. The number of rotatable bonds is 4. The molecule has 0 radical (unpaired) electrons. The molecule has 2 fully saturated rings. The average Bonchev–Trinajstić information content (AvgIpc) is 2.99. The van der Waals surface area contributed by atoms with E-state index in [1.54, 1.807) is 30.3 Å². The summed E-state index contributed by atoms with van der Waals surface area (Å²) in [6.07, 6.45) is 4.61. The third kappa shape index (κ3) is 2.86. The molecule has 4 nitrogen and oxygen atoms in total.